The second-order valence-electron chi connectivity index (χ2n) is 5.46. The zero-order chi connectivity index (χ0) is 20.2. The Morgan fingerprint density at radius 2 is 1.89 bits per heavy atom. The number of amides is 1. The van der Waals surface area contributed by atoms with Gasteiger partial charge in [0.1, 0.15) is 0 Å². The summed E-state index contributed by atoms with van der Waals surface area (Å²) in [7, 11) is -2.51. The third kappa shape index (κ3) is 5.52. The van der Waals surface area contributed by atoms with Crippen molar-refractivity contribution in [1.82, 2.24) is 4.72 Å². The van der Waals surface area contributed by atoms with E-state index in [2.05, 4.69) is 26.0 Å². The third-order valence-electron chi connectivity index (χ3n) is 3.47. The van der Waals surface area contributed by atoms with Crippen molar-refractivity contribution < 1.29 is 22.7 Å². The number of aryl methyl sites for hydroxylation is 1. The molecule has 10 heteroatoms. The van der Waals surface area contributed by atoms with E-state index in [1.165, 1.54) is 19.2 Å². The van der Waals surface area contributed by atoms with Gasteiger partial charge in [0.15, 0.2) is 6.61 Å². The van der Waals surface area contributed by atoms with Gasteiger partial charge < -0.3 is 10.1 Å². The van der Waals surface area contributed by atoms with Gasteiger partial charge in [-0.15, -0.1) is 0 Å². The van der Waals surface area contributed by atoms with Crippen molar-refractivity contribution >= 4 is 55.1 Å². The number of carbonyl (C=O) groups excluding carboxylic acids is 2. The van der Waals surface area contributed by atoms with Crippen LogP contribution >= 0.6 is 27.5 Å². The molecule has 0 spiro atoms. The summed E-state index contributed by atoms with van der Waals surface area (Å²) < 4.78 is 31.4. The molecule has 0 bridgehead atoms. The lowest BCUT2D eigenvalue weighted by Gasteiger charge is -2.10. The lowest BCUT2D eigenvalue weighted by molar-refractivity contribution is -0.119. The number of anilines is 1. The van der Waals surface area contributed by atoms with Crippen LogP contribution in [0.25, 0.3) is 0 Å². The number of hydrogen-bond donors (Lipinski definition) is 2. The van der Waals surface area contributed by atoms with E-state index in [0.717, 1.165) is 11.6 Å². The number of hydrogen-bond acceptors (Lipinski definition) is 5. The van der Waals surface area contributed by atoms with Gasteiger partial charge in [0, 0.05) is 4.47 Å². The molecule has 0 fully saturated rings. The van der Waals surface area contributed by atoms with Gasteiger partial charge in [-0.1, -0.05) is 17.7 Å². The molecule has 0 unspecified atom stereocenters. The summed E-state index contributed by atoms with van der Waals surface area (Å²) in [6.07, 6.45) is 0. The molecule has 2 aromatic carbocycles. The van der Waals surface area contributed by atoms with E-state index in [1.807, 2.05) is 19.1 Å². The molecule has 27 heavy (non-hydrogen) atoms. The molecule has 0 aliphatic heterocycles. The van der Waals surface area contributed by atoms with Crippen LogP contribution < -0.4 is 10.0 Å². The number of esters is 1. The number of carbonyl (C=O) groups is 2. The van der Waals surface area contributed by atoms with Crippen molar-refractivity contribution in [1.29, 1.82) is 0 Å². The van der Waals surface area contributed by atoms with E-state index in [0.29, 0.717) is 10.2 Å². The summed E-state index contributed by atoms with van der Waals surface area (Å²) in [5.74, 6) is -1.46. The number of sulfonamides is 1. The average molecular weight is 476 g/mol. The Morgan fingerprint density at radius 3 is 2.52 bits per heavy atom. The van der Waals surface area contributed by atoms with Crippen molar-refractivity contribution in [2.24, 2.45) is 0 Å². The predicted molar refractivity (Wildman–Crippen MR) is 105 cm³/mol. The lowest BCUT2D eigenvalue weighted by Crippen LogP contribution is -2.22. The van der Waals surface area contributed by atoms with Gasteiger partial charge in [-0.05, 0) is 65.8 Å². The van der Waals surface area contributed by atoms with E-state index >= 15 is 0 Å². The lowest BCUT2D eigenvalue weighted by atomic mass is 10.2. The molecule has 144 valence electrons. The summed E-state index contributed by atoms with van der Waals surface area (Å²) in [6.45, 7) is 1.35. The van der Waals surface area contributed by atoms with Gasteiger partial charge in [-0.25, -0.2) is 17.9 Å². The quantitative estimate of drug-likeness (QED) is 0.625. The SMILES string of the molecule is CNS(=O)(=O)c1ccc(Cl)c(C(=O)OCC(=O)Nc2ccc(C)cc2Br)c1. The minimum Gasteiger partial charge on any atom is -0.452 e. The number of rotatable bonds is 6. The first kappa shape index (κ1) is 21.4. The standard InChI is InChI=1S/C17H16BrClN2O5S/c1-10-3-6-15(13(18)7-10)21-16(22)9-26-17(23)12-8-11(4-5-14(12)19)27(24,25)20-2/h3-8,20H,9H2,1-2H3,(H,21,22). The Labute approximate surface area is 170 Å². The van der Waals surface area contributed by atoms with Gasteiger partial charge in [-0.3, -0.25) is 4.79 Å². The highest BCUT2D eigenvalue weighted by Gasteiger charge is 2.19. The summed E-state index contributed by atoms with van der Waals surface area (Å²) in [6, 6.07) is 8.97. The number of halogens is 2. The Balaban J connectivity index is 2.07. The fraction of sp³-hybridized carbons (Fsp3) is 0.176. The molecule has 1 amide bonds. The van der Waals surface area contributed by atoms with E-state index < -0.39 is 28.5 Å². The van der Waals surface area contributed by atoms with Crippen LogP contribution in [-0.2, 0) is 19.6 Å². The summed E-state index contributed by atoms with van der Waals surface area (Å²) >= 11 is 9.27. The largest absolute Gasteiger partial charge is 0.452 e. The highest BCUT2D eigenvalue weighted by Crippen LogP contribution is 2.24. The van der Waals surface area contributed by atoms with Crippen molar-refractivity contribution in [3.8, 4) is 0 Å². The van der Waals surface area contributed by atoms with Crippen LogP contribution in [0.15, 0.2) is 45.8 Å². The molecule has 0 aromatic heterocycles. The van der Waals surface area contributed by atoms with Crippen LogP contribution in [0.2, 0.25) is 5.02 Å². The molecule has 0 aliphatic carbocycles. The van der Waals surface area contributed by atoms with Crippen LogP contribution in [-0.4, -0.2) is 33.9 Å². The smallest absolute Gasteiger partial charge is 0.340 e. The molecular formula is C17H16BrClN2O5S. The van der Waals surface area contributed by atoms with Crippen LogP contribution in [0, 0.1) is 6.92 Å². The third-order valence-corrected chi connectivity index (χ3v) is 5.87. The number of benzene rings is 2. The molecule has 2 N–H and O–H groups in total. The summed E-state index contributed by atoms with van der Waals surface area (Å²) in [5, 5.41) is 2.61. The van der Waals surface area contributed by atoms with Gasteiger partial charge in [0.05, 0.1) is 21.2 Å². The molecular weight excluding hydrogens is 460 g/mol. The average Bonchev–Trinajstić information content (AvgIpc) is 2.62. The fourth-order valence-electron chi connectivity index (χ4n) is 2.06. The zero-order valence-corrected chi connectivity index (χ0v) is 17.5. The van der Waals surface area contributed by atoms with E-state index in [9.17, 15) is 18.0 Å². The first-order valence-electron chi connectivity index (χ1n) is 7.60. The second-order valence-corrected chi connectivity index (χ2v) is 8.60. The van der Waals surface area contributed by atoms with Crippen molar-refractivity contribution in [3.63, 3.8) is 0 Å². The van der Waals surface area contributed by atoms with E-state index in [4.69, 9.17) is 16.3 Å². The molecule has 0 radical (unpaired) electrons. The minimum absolute atomic E-state index is 0.0109. The Hall–Kier alpha value is -1.94. The number of nitrogens with one attached hydrogen (secondary N) is 2. The van der Waals surface area contributed by atoms with Crippen LogP contribution in [0.3, 0.4) is 0 Å². The van der Waals surface area contributed by atoms with Crippen molar-refractivity contribution in [3.05, 3.63) is 57.0 Å². The molecule has 0 aliphatic rings. The Bertz CT molecular complexity index is 995. The summed E-state index contributed by atoms with van der Waals surface area (Å²) in [4.78, 5) is 24.0. The topological polar surface area (TPSA) is 102 Å². The van der Waals surface area contributed by atoms with E-state index in [-0.39, 0.29) is 15.5 Å². The molecule has 0 atom stereocenters. The van der Waals surface area contributed by atoms with Crippen molar-refractivity contribution in [2.45, 2.75) is 11.8 Å². The number of ether oxygens (including phenoxy) is 1. The van der Waals surface area contributed by atoms with Crippen molar-refractivity contribution in [2.75, 3.05) is 19.0 Å². The monoisotopic (exact) mass is 474 g/mol. The molecule has 0 heterocycles. The van der Waals surface area contributed by atoms with Gasteiger partial charge in [0.2, 0.25) is 10.0 Å². The highest BCUT2D eigenvalue weighted by atomic mass is 79.9. The maximum atomic E-state index is 12.2. The highest BCUT2D eigenvalue weighted by molar-refractivity contribution is 9.10. The first-order valence-corrected chi connectivity index (χ1v) is 10.3. The fourth-order valence-corrected chi connectivity index (χ4v) is 3.61. The van der Waals surface area contributed by atoms with E-state index in [1.54, 1.807) is 6.07 Å². The van der Waals surface area contributed by atoms with Crippen LogP contribution in [0.4, 0.5) is 5.69 Å². The van der Waals surface area contributed by atoms with Crippen LogP contribution in [0.5, 0.6) is 0 Å². The van der Waals surface area contributed by atoms with Gasteiger partial charge in [0.25, 0.3) is 5.91 Å². The maximum Gasteiger partial charge on any atom is 0.340 e. The van der Waals surface area contributed by atoms with Gasteiger partial charge >= 0.3 is 5.97 Å². The van der Waals surface area contributed by atoms with Gasteiger partial charge in [-0.2, -0.15) is 0 Å². The Kier molecular flexibility index (Phi) is 6.99. The second kappa shape index (κ2) is 8.83. The summed E-state index contributed by atoms with van der Waals surface area (Å²) in [5.41, 5.74) is 1.39. The first-order chi connectivity index (χ1) is 12.6. The zero-order valence-electron chi connectivity index (χ0n) is 14.4. The molecule has 0 saturated heterocycles. The molecule has 2 rings (SSSR count). The molecule has 7 nitrogen and oxygen atoms in total. The molecule has 0 saturated carbocycles. The maximum absolute atomic E-state index is 12.2. The molecule has 2 aromatic rings. The minimum atomic E-state index is -3.75. The normalized spacial score (nSPS) is 11.1. The predicted octanol–water partition coefficient (Wildman–Crippen LogP) is 3.11. The Morgan fingerprint density at radius 1 is 1.19 bits per heavy atom. The van der Waals surface area contributed by atoms with Crippen LogP contribution in [0.1, 0.15) is 15.9 Å².